The van der Waals surface area contributed by atoms with Crippen molar-refractivity contribution in [3.05, 3.63) is 42.4 Å². The number of rotatable bonds is 7. The number of halogens is 4. The summed E-state index contributed by atoms with van der Waals surface area (Å²) in [6.45, 7) is -2.34. The van der Waals surface area contributed by atoms with Crippen LogP contribution in [0, 0.1) is 0 Å². The fourth-order valence-corrected chi connectivity index (χ4v) is 3.70. The highest BCUT2D eigenvalue weighted by atomic mass is 19.3. The smallest absolute Gasteiger partial charge is 0.387 e. The molecule has 0 spiro atoms. The fourth-order valence-electron chi connectivity index (χ4n) is 3.70. The van der Waals surface area contributed by atoms with E-state index in [0.29, 0.717) is 24.6 Å². The number of likely N-dealkylation sites (tertiary alicyclic amines) is 1. The molecule has 0 atom stereocenters. The van der Waals surface area contributed by atoms with Gasteiger partial charge in [-0.2, -0.15) is 8.78 Å². The zero-order valence-electron chi connectivity index (χ0n) is 16.5. The summed E-state index contributed by atoms with van der Waals surface area (Å²) in [6.07, 6.45) is 0.908. The molecule has 4 rings (SSSR count). The van der Waals surface area contributed by atoms with Gasteiger partial charge < -0.3 is 14.2 Å². The average Bonchev–Trinajstić information content (AvgIpc) is 3.03. The van der Waals surface area contributed by atoms with Crippen molar-refractivity contribution in [3.63, 3.8) is 0 Å². The monoisotopic (exact) mass is 423 g/mol. The van der Waals surface area contributed by atoms with Crippen LogP contribution >= 0.6 is 0 Å². The van der Waals surface area contributed by atoms with Gasteiger partial charge in [0.1, 0.15) is 17.1 Å². The van der Waals surface area contributed by atoms with Gasteiger partial charge in [-0.05, 0) is 17.7 Å². The number of pyridine rings is 1. The largest absolute Gasteiger partial charge is 0.433 e. The molecule has 0 bridgehead atoms. The molecule has 30 heavy (non-hydrogen) atoms. The number of nitrogens with zero attached hydrogens (tertiary/aromatic N) is 5. The maximum atomic E-state index is 13.1. The first-order chi connectivity index (χ1) is 14.3. The Kier molecular flexibility index (Phi) is 5.50. The van der Waals surface area contributed by atoms with Gasteiger partial charge in [0.2, 0.25) is 0 Å². The maximum absolute atomic E-state index is 13.1. The van der Waals surface area contributed by atoms with Gasteiger partial charge in [0, 0.05) is 39.2 Å². The van der Waals surface area contributed by atoms with E-state index in [0.717, 1.165) is 16.6 Å². The number of aryl methyl sites for hydroxylation is 1. The number of benzene rings is 1. The normalized spacial score (nSPS) is 15.2. The number of hydrogen-bond donors (Lipinski definition) is 0. The molecule has 6 nitrogen and oxygen atoms in total. The van der Waals surface area contributed by atoms with Crippen molar-refractivity contribution < 1.29 is 22.3 Å². The highest BCUT2D eigenvalue weighted by Crippen LogP contribution is 2.38. The quantitative estimate of drug-likeness (QED) is 0.538. The molecule has 2 aromatic heterocycles. The first-order valence-electron chi connectivity index (χ1n) is 9.42. The zero-order chi connectivity index (χ0) is 21.4. The Morgan fingerprint density at radius 2 is 1.93 bits per heavy atom. The topological polar surface area (TPSA) is 46.4 Å². The van der Waals surface area contributed by atoms with E-state index >= 15 is 0 Å². The predicted molar refractivity (Wildman–Crippen MR) is 105 cm³/mol. The minimum absolute atomic E-state index is 0.00652. The summed E-state index contributed by atoms with van der Waals surface area (Å²) in [5, 5.41) is 0. The summed E-state index contributed by atoms with van der Waals surface area (Å²) in [6, 6.07) is 6.89. The Balaban J connectivity index is 1.60. The Morgan fingerprint density at radius 3 is 2.63 bits per heavy atom. The van der Waals surface area contributed by atoms with Gasteiger partial charge in [-0.1, -0.05) is 6.07 Å². The van der Waals surface area contributed by atoms with Crippen molar-refractivity contribution in [1.29, 1.82) is 0 Å². The number of aromatic nitrogens is 3. The molecule has 0 amide bonds. The number of imidazole rings is 1. The van der Waals surface area contributed by atoms with E-state index in [2.05, 4.69) is 9.97 Å². The third kappa shape index (κ3) is 4.04. The molecule has 3 heterocycles. The second kappa shape index (κ2) is 8.10. The SMILES string of the molecule is CN(c1cc2c(cn1)ncn2C)c1ccc(C2CN(CC(F)F)C2)cc1OC(F)F. The summed E-state index contributed by atoms with van der Waals surface area (Å²) >= 11 is 0. The first kappa shape index (κ1) is 20.4. The van der Waals surface area contributed by atoms with Crippen molar-refractivity contribution in [2.75, 3.05) is 31.6 Å². The van der Waals surface area contributed by atoms with Crippen LogP contribution in [0.4, 0.5) is 29.1 Å². The van der Waals surface area contributed by atoms with Crippen molar-refractivity contribution in [2.24, 2.45) is 7.05 Å². The zero-order valence-corrected chi connectivity index (χ0v) is 16.5. The molecule has 10 heteroatoms. The summed E-state index contributed by atoms with van der Waals surface area (Å²) in [5.74, 6) is 0.570. The molecule has 0 aliphatic carbocycles. The van der Waals surface area contributed by atoms with E-state index in [4.69, 9.17) is 4.74 Å². The molecule has 3 aromatic rings. The highest BCUT2D eigenvalue weighted by molar-refractivity contribution is 5.79. The Labute approximate surface area is 170 Å². The molecular weight excluding hydrogens is 402 g/mol. The maximum Gasteiger partial charge on any atom is 0.387 e. The van der Waals surface area contributed by atoms with Gasteiger partial charge in [0.05, 0.1) is 30.3 Å². The van der Waals surface area contributed by atoms with Gasteiger partial charge in [0.25, 0.3) is 6.43 Å². The average molecular weight is 423 g/mol. The van der Waals surface area contributed by atoms with Crippen LogP contribution in [0.1, 0.15) is 11.5 Å². The second-order valence-electron chi connectivity index (χ2n) is 7.36. The number of alkyl halides is 4. The van der Waals surface area contributed by atoms with Crippen molar-refractivity contribution in [2.45, 2.75) is 19.0 Å². The van der Waals surface area contributed by atoms with E-state index in [9.17, 15) is 17.6 Å². The van der Waals surface area contributed by atoms with E-state index in [-0.39, 0.29) is 18.2 Å². The minimum Gasteiger partial charge on any atom is -0.433 e. The van der Waals surface area contributed by atoms with E-state index in [1.165, 1.54) is 0 Å². The molecule has 0 saturated carbocycles. The Hall–Kier alpha value is -2.88. The first-order valence-corrected chi connectivity index (χ1v) is 9.42. The van der Waals surface area contributed by atoms with E-state index < -0.39 is 13.0 Å². The minimum atomic E-state index is -2.99. The molecule has 0 radical (unpaired) electrons. The number of fused-ring (bicyclic) bond motifs is 1. The third-order valence-electron chi connectivity index (χ3n) is 5.33. The summed E-state index contributed by atoms with van der Waals surface area (Å²) in [5.41, 5.74) is 2.79. The van der Waals surface area contributed by atoms with Crippen molar-refractivity contribution in [1.82, 2.24) is 19.4 Å². The molecule has 0 unspecified atom stereocenters. The summed E-state index contributed by atoms with van der Waals surface area (Å²) in [4.78, 5) is 11.9. The third-order valence-corrected chi connectivity index (χ3v) is 5.33. The highest BCUT2D eigenvalue weighted by Gasteiger charge is 2.30. The summed E-state index contributed by atoms with van der Waals surface area (Å²) in [7, 11) is 3.57. The second-order valence-corrected chi connectivity index (χ2v) is 7.36. The Bertz CT molecular complexity index is 1040. The lowest BCUT2D eigenvalue weighted by Crippen LogP contribution is -2.46. The van der Waals surface area contributed by atoms with Crippen molar-refractivity contribution >= 4 is 22.5 Å². The summed E-state index contributed by atoms with van der Waals surface area (Å²) < 4.78 is 57.7. The number of ether oxygens (including phenoxy) is 1. The number of anilines is 2. The van der Waals surface area contributed by atoms with Crippen LogP contribution in [0.5, 0.6) is 5.75 Å². The molecule has 1 aromatic carbocycles. The molecule has 1 aliphatic heterocycles. The van der Waals surface area contributed by atoms with Gasteiger partial charge in [-0.3, -0.25) is 4.90 Å². The lowest BCUT2D eigenvalue weighted by Gasteiger charge is -2.39. The van der Waals surface area contributed by atoms with Crippen LogP contribution in [0.25, 0.3) is 11.0 Å². The van der Waals surface area contributed by atoms with E-state index in [1.807, 2.05) is 23.7 Å². The van der Waals surface area contributed by atoms with Gasteiger partial charge >= 0.3 is 6.61 Å². The fraction of sp³-hybridized carbons (Fsp3) is 0.400. The van der Waals surface area contributed by atoms with Crippen molar-refractivity contribution in [3.8, 4) is 5.75 Å². The van der Waals surface area contributed by atoms with Crippen LogP contribution in [-0.4, -0.2) is 59.2 Å². The lowest BCUT2D eigenvalue weighted by molar-refractivity contribution is -0.0495. The van der Waals surface area contributed by atoms with Gasteiger partial charge in [-0.15, -0.1) is 0 Å². The van der Waals surface area contributed by atoms with Gasteiger partial charge in [-0.25, -0.2) is 18.7 Å². The van der Waals surface area contributed by atoms with Crippen LogP contribution in [0.2, 0.25) is 0 Å². The lowest BCUT2D eigenvalue weighted by atomic mass is 9.91. The van der Waals surface area contributed by atoms with Crippen LogP contribution in [-0.2, 0) is 7.05 Å². The standard InChI is InChI=1S/C20H21F4N5O/c1-27-11-26-14-7-25-19(6-16(14)27)28(2)15-4-3-12(5-17(15)30-20(23)24)13-8-29(9-13)10-18(21)22/h3-7,11,13,18,20H,8-10H2,1-2H3. The van der Waals surface area contributed by atoms with Crippen LogP contribution < -0.4 is 9.64 Å². The molecule has 1 fully saturated rings. The van der Waals surface area contributed by atoms with Crippen LogP contribution in [0.3, 0.4) is 0 Å². The molecule has 0 N–H and O–H groups in total. The Morgan fingerprint density at radius 1 is 1.17 bits per heavy atom. The molecular formula is C20H21F4N5O. The van der Waals surface area contributed by atoms with Crippen LogP contribution in [0.15, 0.2) is 36.8 Å². The molecule has 160 valence electrons. The van der Waals surface area contributed by atoms with E-state index in [1.54, 1.807) is 41.5 Å². The number of hydrogen-bond acceptors (Lipinski definition) is 5. The predicted octanol–water partition coefficient (Wildman–Crippen LogP) is 4.00. The molecule has 1 aliphatic rings. The van der Waals surface area contributed by atoms with Gasteiger partial charge in [0.15, 0.2) is 0 Å². The molecule has 1 saturated heterocycles.